The molecule has 0 aromatic heterocycles. The van der Waals surface area contributed by atoms with Crippen LogP contribution in [0, 0.1) is 0 Å². The number of hydrogen-bond donors (Lipinski definition) is 1. The molecule has 0 aliphatic heterocycles. The molecule has 1 amide bonds. The molecule has 0 saturated carbocycles. The molecule has 0 rings (SSSR count). The molecule has 0 radical (unpaired) electrons. The fraction of sp³-hybridized carbons (Fsp3) is 0.750. The van der Waals surface area contributed by atoms with E-state index in [1.54, 1.807) is 0 Å². The van der Waals surface area contributed by atoms with E-state index in [9.17, 15) is 9.59 Å². The molecule has 4 nitrogen and oxygen atoms in total. The summed E-state index contributed by atoms with van der Waals surface area (Å²) in [6.45, 7) is 4.34. The van der Waals surface area contributed by atoms with Gasteiger partial charge in [-0.3, -0.25) is 9.59 Å². The van der Waals surface area contributed by atoms with Crippen molar-refractivity contribution in [2.45, 2.75) is 104 Å². The Morgan fingerprint density at radius 2 is 1.46 bits per heavy atom. The van der Waals surface area contributed by atoms with E-state index in [1.807, 2.05) is 0 Å². The van der Waals surface area contributed by atoms with Crippen molar-refractivity contribution in [3.05, 3.63) is 24.6 Å². The first-order chi connectivity index (χ1) is 14.7. The van der Waals surface area contributed by atoms with Gasteiger partial charge in [-0.05, 0) is 39.0 Å². The van der Waals surface area contributed by atoms with Crippen LogP contribution < -0.4 is 5.32 Å². The summed E-state index contributed by atoms with van der Waals surface area (Å²) in [7, 11) is 0. The number of nitrogens with zero attached hydrogens (tertiary/aromatic N) is 1. The molecule has 0 aromatic rings. The number of allylic oxidation sites excluding steroid dienone is 2. The normalized spacial score (nSPS) is 13.0. The molecule has 0 saturated heterocycles. The average Bonchev–Trinajstić information content (AvgIpc) is 2.68. The fourth-order valence-electron chi connectivity index (χ4n) is 2.97. The Kier molecular flexibility index (Phi) is 14.2. The first-order valence-corrected chi connectivity index (χ1v) is 11.1. The van der Waals surface area contributed by atoms with Crippen molar-refractivity contribution >= 4 is 11.7 Å². The molecule has 1 N–H and O–H groups in total. The first-order valence-electron chi connectivity index (χ1n) is 12.6. The van der Waals surface area contributed by atoms with Crippen LogP contribution in [0.25, 0.3) is 0 Å². The molecule has 0 aliphatic rings. The Hall–Kier alpha value is -1.58. The monoisotopic (exact) mass is 395 g/mol. The largest absolute Gasteiger partial charge is 0.354 e. The van der Waals surface area contributed by atoms with Gasteiger partial charge in [0.15, 0.2) is 0 Å². The third-order valence-corrected chi connectivity index (χ3v) is 4.66. The SMILES string of the molecule is [2H]C([2H])([2H])N(CC(C)=O)C(=C)NC(=O)CCCCCCC/C=C\CCCCCCCC. The molecular weight excluding hydrogens is 348 g/mol. The minimum Gasteiger partial charge on any atom is -0.354 e. The maximum Gasteiger partial charge on any atom is 0.225 e. The van der Waals surface area contributed by atoms with E-state index in [-0.39, 0.29) is 24.1 Å². The molecule has 0 spiro atoms. The lowest BCUT2D eigenvalue weighted by Crippen LogP contribution is -2.34. The molecule has 0 atom stereocenters. The maximum absolute atomic E-state index is 12.0. The average molecular weight is 396 g/mol. The number of hydrogen-bond acceptors (Lipinski definition) is 3. The van der Waals surface area contributed by atoms with Crippen LogP contribution in [0.3, 0.4) is 0 Å². The van der Waals surface area contributed by atoms with Gasteiger partial charge in [-0.1, -0.05) is 77.0 Å². The third kappa shape index (κ3) is 17.8. The van der Waals surface area contributed by atoms with E-state index in [1.165, 1.54) is 58.3 Å². The molecule has 4 heteroatoms. The zero-order valence-corrected chi connectivity index (χ0v) is 18.2. The molecular formula is C24H44N2O2. The number of amides is 1. The Balaban J connectivity index is 3.74. The predicted octanol–water partition coefficient (Wildman–Crippen LogP) is 6.13. The van der Waals surface area contributed by atoms with E-state index in [0.29, 0.717) is 6.42 Å². The van der Waals surface area contributed by atoms with Crippen molar-refractivity contribution in [1.29, 1.82) is 0 Å². The number of carbonyl (C=O) groups is 2. The van der Waals surface area contributed by atoms with Crippen LogP contribution in [0.1, 0.15) is 108 Å². The number of carbonyl (C=O) groups excluding carboxylic acids is 2. The van der Waals surface area contributed by atoms with Gasteiger partial charge in [0.05, 0.1) is 6.54 Å². The van der Waals surface area contributed by atoms with Gasteiger partial charge >= 0.3 is 0 Å². The predicted molar refractivity (Wildman–Crippen MR) is 120 cm³/mol. The van der Waals surface area contributed by atoms with Gasteiger partial charge in [0.1, 0.15) is 11.6 Å². The Morgan fingerprint density at radius 1 is 0.929 bits per heavy atom. The van der Waals surface area contributed by atoms with Crippen molar-refractivity contribution in [3.63, 3.8) is 0 Å². The van der Waals surface area contributed by atoms with E-state index in [4.69, 9.17) is 4.11 Å². The second kappa shape index (κ2) is 18.8. The second-order valence-electron chi connectivity index (χ2n) is 7.62. The Labute approximate surface area is 178 Å². The zero-order chi connectivity index (χ0) is 23.5. The molecule has 28 heavy (non-hydrogen) atoms. The minimum atomic E-state index is -2.51. The van der Waals surface area contributed by atoms with Crippen molar-refractivity contribution in [2.75, 3.05) is 13.5 Å². The van der Waals surface area contributed by atoms with Crippen LogP contribution in [0.2, 0.25) is 0 Å². The van der Waals surface area contributed by atoms with E-state index in [2.05, 4.69) is 31.0 Å². The molecule has 0 aromatic carbocycles. The molecule has 0 heterocycles. The van der Waals surface area contributed by atoms with E-state index in [0.717, 1.165) is 37.0 Å². The van der Waals surface area contributed by atoms with Gasteiger partial charge in [0.25, 0.3) is 0 Å². The third-order valence-electron chi connectivity index (χ3n) is 4.66. The van der Waals surface area contributed by atoms with Gasteiger partial charge in [-0.15, -0.1) is 0 Å². The number of ketones is 1. The van der Waals surface area contributed by atoms with Crippen LogP contribution >= 0.6 is 0 Å². The molecule has 0 aliphatic carbocycles. The molecule has 0 unspecified atom stereocenters. The van der Waals surface area contributed by atoms with Crippen molar-refractivity contribution in [2.24, 2.45) is 0 Å². The van der Waals surface area contributed by atoms with Crippen LogP contribution in [0.4, 0.5) is 0 Å². The van der Waals surface area contributed by atoms with Gasteiger partial charge in [0, 0.05) is 17.5 Å². The lowest BCUT2D eigenvalue weighted by molar-refractivity contribution is -0.122. The highest BCUT2D eigenvalue weighted by molar-refractivity contribution is 5.79. The Bertz CT molecular complexity index is 545. The lowest BCUT2D eigenvalue weighted by atomic mass is 10.1. The van der Waals surface area contributed by atoms with Crippen molar-refractivity contribution < 1.29 is 13.7 Å². The fourth-order valence-corrected chi connectivity index (χ4v) is 2.97. The van der Waals surface area contributed by atoms with Gasteiger partial charge in [-0.2, -0.15) is 0 Å². The quantitative estimate of drug-likeness (QED) is 0.211. The van der Waals surface area contributed by atoms with Gasteiger partial charge in [-0.25, -0.2) is 0 Å². The lowest BCUT2D eigenvalue weighted by Gasteiger charge is -2.20. The highest BCUT2D eigenvalue weighted by Crippen LogP contribution is 2.10. The summed E-state index contributed by atoms with van der Waals surface area (Å²) in [6.07, 6.45) is 20.4. The summed E-state index contributed by atoms with van der Waals surface area (Å²) >= 11 is 0. The van der Waals surface area contributed by atoms with Crippen molar-refractivity contribution in [1.82, 2.24) is 10.2 Å². The number of rotatable bonds is 19. The molecule has 0 fully saturated rings. The topological polar surface area (TPSA) is 49.4 Å². The van der Waals surface area contributed by atoms with E-state index >= 15 is 0 Å². The summed E-state index contributed by atoms with van der Waals surface area (Å²) < 4.78 is 22.4. The maximum atomic E-state index is 12.0. The highest BCUT2D eigenvalue weighted by atomic mass is 16.2. The smallest absolute Gasteiger partial charge is 0.225 e. The number of Topliss-reactive ketones (excluding diaryl/α,β-unsaturated/α-hetero) is 1. The first kappa shape index (κ1) is 21.1. The summed E-state index contributed by atoms with van der Waals surface area (Å²) in [4.78, 5) is 24.2. The van der Waals surface area contributed by atoms with Gasteiger partial charge in [0.2, 0.25) is 5.91 Å². The zero-order valence-electron chi connectivity index (χ0n) is 21.2. The van der Waals surface area contributed by atoms with E-state index < -0.39 is 6.98 Å². The highest BCUT2D eigenvalue weighted by Gasteiger charge is 2.08. The Morgan fingerprint density at radius 3 is 2.00 bits per heavy atom. The summed E-state index contributed by atoms with van der Waals surface area (Å²) in [5.41, 5.74) is 0. The summed E-state index contributed by atoms with van der Waals surface area (Å²) in [5, 5.41) is 2.51. The summed E-state index contributed by atoms with van der Waals surface area (Å²) in [6, 6.07) is 0. The summed E-state index contributed by atoms with van der Waals surface area (Å²) in [5.74, 6) is -0.614. The standard InChI is InChI=1S/C24H44N2O2/c1-5-6-7-8-9-10-11-12-13-14-15-16-17-18-19-20-24(28)25-23(3)26(4)21-22(2)27/h12-13H,3,5-11,14-21H2,1-2,4H3,(H,25,28)/b13-12-/i4D3. The van der Waals surface area contributed by atoms with Crippen LogP contribution in [0.5, 0.6) is 0 Å². The second-order valence-corrected chi connectivity index (χ2v) is 7.62. The minimum absolute atomic E-state index is 0.0482. The van der Waals surface area contributed by atoms with Crippen LogP contribution in [0.15, 0.2) is 24.6 Å². The number of unbranched alkanes of at least 4 members (excludes halogenated alkanes) is 11. The van der Waals surface area contributed by atoms with Crippen LogP contribution in [-0.2, 0) is 9.59 Å². The molecule has 162 valence electrons. The van der Waals surface area contributed by atoms with Crippen molar-refractivity contribution in [3.8, 4) is 0 Å². The van der Waals surface area contributed by atoms with Crippen LogP contribution in [-0.4, -0.2) is 30.1 Å². The number of nitrogens with one attached hydrogen (secondary N) is 1. The molecule has 0 bridgehead atoms. The number of likely N-dealkylation sites (N-methyl/N-ethyl adjacent to an activating group) is 1. The van der Waals surface area contributed by atoms with Gasteiger partial charge < -0.3 is 10.2 Å².